The Labute approximate surface area is 265 Å². The van der Waals surface area contributed by atoms with Crippen LogP contribution in [-0.4, -0.2) is 44.3 Å². The number of halogens is 1. The molecule has 1 unspecified atom stereocenters. The molecule has 0 aliphatic heterocycles. The number of hydrogen-bond donors (Lipinski definition) is 1. The summed E-state index contributed by atoms with van der Waals surface area (Å²) in [6.45, 7) is 7.14. The molecule has 4 aromatic rings. The van der Waals surface area contributed by atoms with E-state index in [0.29, 0.717) is 18.7 Å². The largest absolute Gasteiger partial charge is 0.354 e. The highest BCUT2D eigenvalue weighted by atomic mass is 32.2. The third-order valence-electron chi connectivity index (χ3n) is 7.79. The van der Waals surface area contributed by atoms with Crippen molar-refractivity contribution < 1.29 is 22.4 Å². The zero-order valence-electron chi connectivity index (χ0n) is 26.2. The first kappa shape index (κ1) is 33.4. The van der Waals surface area contributed by atoms with Gasteiger partial charge in [0, 0.05) is 25.1 Å². The van der Waals surface area contributed by atoms with Crippen LogP contribution in [0.5, 0.6) is 0 Å². The predicted molar refractivity (Wildman–Crippen MR) is 176 cm³/mol. The first-order chi connectivity index (χ1) is 21.5. The highest BCUT2D eigenvalue weighted by molar-refractivity contribution is 7.92. The first-order valence-corrected chi connectivity index (χ1v) is 16.5. The Balaban J connectivity index is 1.82. The molecule has 0 radical (unpaired) electrons. The van der Waals surface area contributed by atoms with E-state index in [0.717, 1.165) is 26.6 Å². The number of anilines is 1. The van der Waals surface area contributed by atoms with Crippen molar-refractivity contribution in [2.45, 2.75) is 58.0 Å². The number of carbonyl (C=O) groups is 2. The molecule has 0 bridgehead atoms. The zero-order chi connectivity index (χ0) is 32.6. The molecular formula is C36H40FN3O4S. The van der Waals surface area contributed by atoms with Crippen LogP contribution < -0.4 is 9.62 Å². The summed E-state index contributed by atoms with van der Waals surface area (Å²) in [7, 11) is -4.22. The Bertz CT molecular complexity index is 1730. The minimum Gasteiger partial charge on any atom is -0.354 e. The van der Waals surface area contributed by atoms with Crippen molar-refractivity contribution >= 4 is 27.5 Å². The van der Waals surface area contributed by atoms with Crippen LogP contribution in [0, 0.1) is 26.6 Å². The van der Waals surface area contributed by atoms with E-state index in [2.05, 4.69) is 5.32 Å². The quantitative estimate of drug-likeness (QED) is 0.193. The SMILES string of the molecule is CCCNC(=O)C(Cc1ccccc1)N(Cc1ccccc1F)C(=O)CN(c1ccc(C)c(C)c1)S(=O)(=O)c1ccc(C)cc1. The number of benzene rings is 4. The second-order valence-corrected chi connectivity index (χ2v) is 13.1. The average molecular weight is 630 g/mol. The molecule has 4 rings (SSSR count). The summed E-state index contributed by atoms with van der Waals surface area (Å²) >= 11 is 0. The van der Waals surface area contributed by atoms with Crippen LogP contribution in [0.2, 0.25) is 0 Å². The number of carbonyl (C=O) groups excluding carboxylic acids is 2. The number of nitrogens with one attached hydrogen (secondary N) is 1. The maximum absolute atomic E-state index is 15.0. The van der Waals surface area contributed by atoms with Crippen molar-refractivity contribution in [2.75, 3.05) is 17.4 Å². The van der Waals surface area contributed by atoms with E-state index in [1.165, 1.54) is 23.1 Å². The van der Waals surface area contributed by atoms with E-state index < -0.39 is 40.2 Å². The van der Waals surface area contributed by atoms with Gasteiger partial charge in [-0.15, -0.1) is 0 Å². The fourth-order valence-corrected chi connectivity index (χ4v) is 6.38. The van der Waals surface area contributed by atoms with Gasteiger partial charge in [-0.2, -0.15) is 0 Å². The minimum atomic E-state index is -4.22. The minimum absolute atomic E-state index is 0.0290. The number of sulfonamides is 1. The highest BCUT2D eigenvalue weighted by Gasteiger charge is 2.35. The predicted octanol–water partition coefficient (Wildman–Crippen LogP) is 6.11. The molecule has 1 atom stereocenters. The van der Waals surface area contributed by atoms with E-state index in [-0.39, 0.29) is 23.4 Å². The maximum atomic E-state index is 15.0. The number of nitrogens with zero attached hydrogens (tertiary/aromatic N) is 2. The van der Waals surface area contributed by atoms with Crippen LogP contribution in [0.4, 0.5) is 10.1 Å². The van der Waals surface area contributed by atoms with Gasteiger partial charge in [-0.1, -0.05) is 79.2 Å². The molecule has 1 N–H and O–H groups in total. The van der Waals surface area contributed by atoms with E-state index in [1.807, 2.05) is 58.0 Å². The summed E-state index contributed by atoms with van der Waals surface area (Å²) in [5, 5.41) is 2.89. The fourth-order valence-electron chi connectivity index (χ4n) is 4.98. The van der Waals surface area contributed by atoms with E-state index in [9.17, 15) is 18.0 Å². The van der Waals surface area contributed by atoms with Crippen LogP contribution in [0.3, 0.4) is 0 Å². The molecule has 9 heteroatoms. The Kier molecular flexibility index (Phi) is 11.1. The molecule has 2 amide bonds. The summed E-state index contributed by atoms with van der Waals surface area (Å²) < 4.78 is 44.4. The Morgan fingerprint density at radius 3 is 2.16 bits per heavy atom. The Hall–Kier alpha value is -4.50. The van der Waals surface area contributed by atoms with Crippen LogP contribution in [-0.2, 0) is 32.6 Å². The van der Waals surface area contributed by atoms with Gasteiger partial charge in [0.2, 0.25) is 11.8 Å². The Morgan fingerprint density at radius 2 is 1.51 bits per heavy atom. The highest BCUT2D eigenvalue weighted by Crippen LogP contribution is 2.27. The molecule has 4 aromatic carbocycles. The first-order valence-electron chi connectivity index (χ1n) is 15.0. The summed E-state index contributed by atoms with van der Waals surface area (Å²) in [6.07, 6.45) is 0.839. The number of amides is 2. The molecule has 45 heavy (non-hydrogen) atoms. The van der Waals surface area contributed by atoms with Gasteiger partial charge < -0.3 is 10.2 Å². The number of aryl methyl sites for hydroxylation is 3. The molecule has 0 heterocycles. The average Bonchev–Trinajstić information content (AvgIpc) is 3.03. The lowest BCUT2D eigenvalue weighted by atomic mass is 10.0. The standard InChI is InChI=1S/C36H40FN3O4S/c1-5-21-38-36(42)34(23-29-11-7-6-8-12-29)39(24-30-13-9-10-14-33(30)37)35(41)25-40(31-18-17-27(3)28(4)22-31)45(43,44)32-19-15-26(2)16-20-32/h6-20,22,34H,5,21,23-25H2,1-4H3,(H,38,42). The molecule has 0 spiro atoms. The lowest BCUT2D eigenvalue weighted by Gasteiger charge is -2.34. The molecule has 0 aliphatic carbocycles. The lowest BCUT2D eigenvalue weighted by Crippen LogP contribution is -2.53. The summed E-state index contributed by atoms with van der Waals surface area (Å²) in [4.78, 5) is 29.5. The maximum Gasteiger partial charge on any atom is 0.264 e. The molecule has 0 aromatic heterocycles. The van der Waals surface area contributed by atoms with Crippen LogP contribution in [0.15, 0.2) is 102 Å². The zero-order valence-corrected chi connectivity index (χ0v) is 27.0. The van der Waals surface area contributed by atoms with Gasteiger partial charge >= 0.3 is 0 Å². The van der Waals surface area contributed by atoms with Crippen molar-refractivity contribution in [3.05, 3.63) is 131 Å². The van der Waals surface area contributed by atoms with Crippen molar-refractivity contribution in [3.8, 4) is 0 Å². The van der Waals surface area contributed by atoms with Gasteiger partial charge in [0.1, 0.15) is 18.4 Å². The molecule has 7 nitrogen and oxygen atoms in total. The van der Waals surface area contributed by atoms with Gasteiger partial charge in [0.25, 0.3) is 10.0 Å². The van der Waals surface area contributed by atoms with Gasteiger partial charge in [-0.3, -0.25) is 13.9 Å². The van der Waals surface area contributed by atoms with Crippen molar-refractivity contribution in [1.29, 1.82) is 0 Å². The van der Waals surface area contributed by atoms with Crippen molar-refractivity contribution in [3.63, 3.8) is 0 Å². The monoisotopic (exact) mass is 629 g/mol. The Morgan fingerprint density at radius 1 is 0.844 bits per heavy atom. The number of rotatable bonds is 13. The molecule has 0 saturated carbocycles. The second kappa shape index (κ2) is 15.0. The van der Waals surface area contributed by atoms with Gasteiger partial charge in [-0.25, -0.2) is 12.8 Å². The number of hydrogen-bond acceptors (Lipinski definition) is 4. The fraction of sp³-hybridized carbons (Fsp3) is 0.278. The van der Waals surface area contributed by atoms with Gasteiger partial charge in [-0.05, 0) is 74.2 Å². The molecule has 0 aliphatic rings. The van der Waals surface area contributed by atoms with Crippen molar-refractivity contribution in [1.82, 2.24) is 10.2 Å². The second-order valence-electron chi connectivity index (χ2n) is 11.2. The van der Waals surface area contributed by atoms with Gasteiger partial charge in [0.05, 0.1) is 10.6 Å². The molecule has 236 valence electrons. The molecular weight excluding hydrogens is 589 g/mol. The summed E-state index contributed by atoms with van der Waals surface area (Å²) in [6, 6.07) is 25.9. The van der Waals surface area contributed by atoms with E-state index in [4.69, 9.17) is 0 Å². The van der Waals surface area contributed by atoms with E-state index >= 15 is 4.39 Å². The third-order valence-corrected chi connectivity index (χ3v) is 9.57. The van der Waals surface area contributed by atoms with Gasteiger partial charge in [0.15, 0.2) is 0 Å². The van der Waals surface area contributed by atoms with Crippen molar-refractivity contribution in [2.24, 2.45) is 0 Å². The normalized spacial score (nSPS) is 11.9. The van der Waals surface area contributed by atoms with E-state index in [1.54, 1.807) is 48.5 Å². The smallest absolute Gasteiger partial charge is 0.264 e. The van der Waals surface area contributed by atoms with Crippen LogP contribution in [0.1, 0.15) is 41.2 Å². The molecule has 0 fully saturated rings. The third kappa shape index (κ3) is 8.36. The summed E-state index contributed by atoms with van der Waals surface area (Å²) in [5.74, 6) is -1.56. The topological polar surface area (TPSA) is 86.8 Å². The lowest BCUT2D eigenvalue weighted by molar-refractivity contribution is -0.140. The summed E-state index contributed by atoms with van der Waals surface area (Å²) in [5.41, 5.74) is 4.04. The van der Waals surface area contributed by atoms with Crippen LogP contribution in [0.25, 0.3) is 0 Å². The van der Waals surface area contributed by atoms with Crippen LogP contribution >= 0.6 is 0 Å². The molecule has 0 saturated heterocycles.